The van der Waals surface area contributed by atoms with Crippen molar-refractivity contribution >= 4 is 11.9 Å². The van der Waals surface area contributed by atoms with Crippen molar-refractivity contribution in [2.24, 2.45) is 17.6 Å². The highest BCUT2D eigenvalue weighted by molar-refractivity contribution is 5.70. The molecular formula is C45H71NO15. The molecule has 61 heavy (non-hydrogen) atoms. The van der Waals surface area contributed by atoms with Crippen LogP contribution in [0.3, 0.4) is 0 Å². The minimum atomic E-state index is -2.51. The van der Waals surface area contributed by atoms with E-state index in [4.69, 9.17) is 19.9 Å². The van der Waals surface area contributed by atoms with Gasteiger partial charge in [-0.25, -0.2) is 0 Å². The molecule has 0 bridgehead atoms. The smallest absolute Gasteiger partial charge is 0.306 e. The highest BCUT2D eigenvalue weighted by Gasteiger charge is 2.42. The zero-order valence-electron chi connectivity index (χ0n) is 35.4. The van der Waals surface area contributed by atoms with E-state index in [1.807, 2.05) is 42.5 Å². The lowest BCUT2D eigenvalue weighted by Gasteiger charge is -2.40. The van der Waals surface area contributed by atoms with Gasteiger partial charge in [0.05, 0.1) is 67.4 Å². The Bertz CT molecular complexity index is 1480. The molecule has 0 aliphatic carbocycles. The van der Waals surface area contributed by atoms with E-state index < -0.39 is 110 Å². The second-order valence-corrected chi connectivity index (χ2v) is 16.1. The third-order valence-electron chi connectivity index (χ3n) is 10.7. The summed E-state index contributed by atoms with van der Waals surface area (Å²) in [6.45, 7) is 3.39. The van der Waals surface area contributed by atoms with Gasteiger partial charge in [0.1, 0.15) is 6.10 Å². The Hall–Kier alpha value is -3.36. The minimum Gasteiger partial charge on any atom is -0.481 e. The molecule has 16 nitrogen and oxygen atoms in total. The van der Waals surface area contributed by atoms with Crippen molar-refractivity contribution < 1.29 is 74.9 Å². The van der Waals surface area contributed by atoms with E-state index in [-0.39, 0.29) is 57.5 Å². The van der Waals surface area contributed by atoms with Crippen molar-refractivity contribution in [2.45, 2.75) is 164 Å². The SMILES string of the molecule is CC1OC(O[C@H]2/C=C/C=C/C=C/C=C/C=C/C=C/C=C/C[C@@H](O)C(C)COC(=O)CCC[C@H](O)CC[C@@H](O)[C@H](O)C[C@H](O)CC(O)(O)CC[C@@H](C(=O)O)CC2)C(O)C(N)C1O. The van der Waals surface area contributed by atoms with E-state index in [2.05, 4.69) is 0 Å². The summed E-state index contributed by atoms with van der Waals surface area (Å²) in [5.41, 5.74) is 5.98. The second-order valence-electron chi connectivity index (χ2n) is 16.1. The van der Waals surface area contributed by atoms with Crippen LogP contribution in [-0.2, 0) is 23.8 Å². The number of aliphatic carboxylic acids is 1. The number of aliphatic hydroxyl groups is 9. The van der Waals surface area contributed by atoms with Crippen LogP contribution in [0.15, 0.2) is 85.1 Å². The molecule has 0 spiro atoms. The highest BCUT2D eigenvalue weighted by atomic mass is 16.7. The number of carboxylic acids is 1. The monoisotopic (exact) mass is 865 g/mol. The first-order chi connectivity index (χ1) is 28.9. The predicted octanol–water partition coefficient (Wildman–Crippen LogP) is 2.12. The molecule has 16 heteroatoms. The third-order valence-corrected chi connectivity index (χ3v) is 10.7. The maximum atomic E-state index is 12.3. The Morgan fingerprint density at radius 3 is 1.97 bits per heavy atom. The van der Waals surface area contributed by atoms with Crippen LogP contribution in [0.2, 0.25) is 0 Å². The number of allylic oxidation sites excluding steroid dienone is 12. The van der Waals surface area contributed by atoms with Crippen molar-refractivity contribution in [3.05, 3.63) is 85.1 Å². The maximum absolute atomic E-state index is 12.3. The number of carbonyl (C=O) groups is 2. The lowest BCUT2D eigenvalue weighted by molar-refractivity contribution is -0.276. The van der Waals surface area contributed by atoms with Gasteiger partial charge in [0.25, 0.3) is 0 Å². The van der Waals surface area contributed by atoms with Crippen molar-refractivity contribution in [3.8, 4) is 0 Å². The van der Waals surface area contributed by atoms with E-state index in [0.29, 0.717) is 12.8 Å². The summed E-state index contributed by atoms with van der Waals surface area (Å²) < 4.78 is 17.0. The van der Waals surface area contributed by atoms with Crippen LogP contribution >= 0.6 is 0 Å². The second kappa shape index (κ2) is 29.1. The standard InChI is InChI=1S/C45H71NO15/c1-30-29-59-39(52)20-16-17-33(47)22-24-37(50)38(51)27-34(48)28-45(57,58)26-25-32(43(55)56)21-23-35(61-44-42(54)40(46)41(53)31(2)60-44)18-14-12-10-8-6-4-3-5-7-9-11-13-15-19-36(30)49/h3-15,18,30-38,40-42,44,47-51,53-54,57-58H,16-17,19-29,46H2,1-2H3,(H,55,56)/b4-3+,7-5+,8-6+,11-9+,12-10+,15-13+,18-14+/t30?,31?,32-,33-,34-,35-,36+,37+,38+,40?,41?,42?,44?/m0/s1. The Morgan fingerprint density at radius 1 is 0.738 bits per heavy atom. The first kappa shape index (κ1) is 53.8. The van der Waals surface area contributed by atoms with Gasteiger partial charge in [-0.2, -0.15) is 0 Å². The average molecular weight is 866 g/mol. The van der Waals surface area contributed by atoms with Gasteiger partial charge in [0.15, 0.2) is 12.1 Å². The molecule has 12 N–H and O–H groups in total. The Labute approximate surface area is 359 Å². The van der Waals surface area contributed by atoms with Gasteiger partial charge >= 0.3 is 11.9 Å². The molecule has 1 fully saturated rings. The fourth-order valence-corrected chi connectivity index (χ4v) is 6.67. The summed E-state index contributed by atoms with van der Waals surface area (Å²) in [5, 5.41) is 105. The molecule has 0 radical (unpaired) electrons. The van der Waals surface area contributed by atoms with E-state index in [0.717, 1.165) is 0 Å². The number of carbonyl (C=O) groups excluding carboxylic acids is 1. The van der Waals surface area contributed by atoms with Crippen LogP contribution < -0.4 is 5.73 Å². The molecule has 6 unspecified atom stereocenters. The Morgan fingerprint density at radius 2 is 1.34 bits per heavy atom. The lowest BCUT2D eigenvalue weighted by Crippen LogP contribution is -2.61. The van der Waals surface area contributed by atoms with Crippen LogP contribution in [-0.4, -0.2) is 143 Å². The number of hydrogen-bond acceptors (Lipinski definition) is 15. The number of ether oxygens (including phenoxy) is 3. The van der Waals surface area contributed by atoms with Gasteiger partial charge < -0.3 is 71.0 Å². The van der Waals surface area contributed by atoms with Crippen molar-refractivity contribution in [2.75, 3.05) is 6.61 Å². The van der Waals surface area contributed by atoms with Crippen LogP contribution in [0, 0.1) is 11.8 Å². The number of nitrogens with two attached hydrogens (primary N) is 1. The molecule has 0 aromatic rings. The van der Waals surface area contributed by atoms with Gasteiger partial charge in [-0.3, -0.25) is 9.59 Å². The quantitative estimate of drug-likeness (QED) is 0.143. The summed E-state index contributed by atoms with van der Waals surface area (Å²) in [7, 11) is 0. The number of aliphatic hydroxyl groups excluding tert-OH is 7. The minimum absolute atomic E-state index is 0.00662. The van der Waals surface area contributed by atoms with Gasteiger partial charge in [0, 0.05) is 31.6 Å². The summed E-state index contributed by atoms with van der Waals surface area (Å²) >= 11 is 0. The molecule has 13 atom stereocenters. The highest BCUT2D eigenvalue weighted by Crippen LogP contribution is 2.28. The van der Waals surface area contributed by atoms with E-state index >= 15 is 0 Å². The summed E-state index contributed by atoms with van der Waals surface area (Å²) in [6, 6.07) is -1.05. The van der Waals surface area contributed by atoms with Gasteiger partial charge in [0.2, 0.25) is 0 Å². The van der Waals surface area contributed by atoms with Gasteiger partial charge in [-0.05, 0) is 58.3 Å². The summed E-state index contributed by atoms with van der Waals surface area (Å²) in [5.74, 6) is -5.56. The first-order valence-corrected chi connectivity index (χ1v) is 21.2. The molecule has 1 saturated heterocycles. The Kier molecular flexibility index (Phi) is 25.6. The van der Waals surface area contributed by atoms with Crippen LogP contribution in [0.4, 0.5) is 0 Å². The number of esters is 1. The molecule has 0 aromatic carbocycles. The molecule has 0 saturated carbocycles. The molecule has 0 amide bonds. The first-order valence-electron chi connectivity index (χ1n) is 21.2. The molecule has 2 heterocycles. The van der Waals surface area contributed by atoms with Crippen LogP contribution in [0.1, 0.15) is 90.9 Å². The fraction of sp³-hybridized carbons (Fsp3) is 0.644. The third kappa shape index (κ3) is 22.5. The van der Waals surface area contributed by atoms with Crippen molar-refractivity contribution in [3.63, 3.8) is 0 Å². The van der Waals surface area contributed by atoms with Crippen LogP contribution in [0.5, 0.6) is 0 Å². The van der Waals surface area contributed by atoms with Crippen molar-refractivity contribution in [1.82, 2.24) is 0 Å². The molecule has 2 aliphatic rings. The van der Waals surface area contributed by atoms with E-state index in [1.165, 1.54) is 0 Å². The fourth-order valence-electron chi connectivity index (χ4n) is 6.67. The molecule has 2 rings (SSSR count). The normalized spacial score (nSPS) is 39.5. The molecule has 2 aliphatic heterocycles. The zero-order valence-corrected chi connectivity index (χ0v) is 35.4. The van der Waals surface area contributed by atoms with Gasteiger partial charge in [-0.15, -0.1) is 0 Å². The number of rotatable bonds is 3. The Balaban J connectivity index is 2.18. The molecular weight excluding hydrogens is 794 g/mol. The number of cyclic esters (lactones) is 1. The number of hydrogen-bond donors (Lipinski definition) is 11. The van der Waals surface area contributed by atoms with E-state index in [9.17, 15) is 60.7 Å². The largest absolute Gasteiger partial charge is 0.481 e. The average Bonchev–Trinajstić information content (AvgIpc) is 3.20. The zero-order chi connectivity index (χ0) is 45.4. The molecule has 346 valence electrons. The summed E-state index contributed by atoms with van der Waals surface area (Å²) in [4.78, 5) is 24.5. The van der Waals surface area contributed by atoms with Crippen LogP contribution in [0.25, 0.3) is 0 Å². The topological polar surface area (TPSA) is 290 Å². The number of carboxylic acid groups (broad SMARTS) is 1. The maximum Gasteiger partial charge on any atom is 0.306 e. The lowest BCUT2D eigenvalue weighted by atomic mass is 9.90. The predicted molar refractivity (Wildman–Crippen MR) is 227 cm³/mol. The van der Waals surface area contributed by atoms with Crippen molar-refractivity contribution in [1.29, 1.82) is 0 Å². The van der Waals surface area contributed by atoms with E-state index in [1.54, 1.807) is 56.4 Å². The molecule has 0 aromatic heterocycles. The summed E-state index contributed by atoms with van der Waals surface area (Å²) in [6.07, 6.45) is 13.2. The van der Waals surface area contributed by atoms with Gasteiger partial charge in [-0.1, -0.05) is 92.0 Å².